The van der Waals surface area contributed by atoms with Gasteiger partial charge >= 0.3 is 0 Å². The van der Waals surface area contributed by atoms with Crippen LogP contribution in [0.5, 0.6) is 0 Å². The minimum absolute atomic E-state index is 0.00217. The largest absolute Gasteiger partial charge is 0.391 e. The molecular weight excluding hydrogens is 914 g/mol. The molecular formula is C52H66ClN9O6S. The highest BCUT2D eigenvalue weighted by atomic mass is 35.5. The maximum Gasteiger partial charge on any atom is 0.251 e. The third-order valence-corrected chi connectivity index (χ3v) is 15.4. The number of piperidine rings is 1. The number of β-amino-alcohol motifs (C(OH)–C–C–N with tert-alkyl or cyclic N) is 1. The van der Waals surface area contributed by atoms with Crippen LogP contribution >= 0.6 is 23.4 Å². The van der Waals surface area contributed by atoms with Crippen molar-refractivity contribution in [2.45, 2.75) is 128 Å². The molecule has 0 radical (unpaired) electrons. The van der Waals surface area contributed by atoms with Gasteiger partial charge in [-0.05, 0) is 112 Å². The number of nitrogens with zero attached hydrogens (tertiary/aromatic N) is 6. The molecule has 368 valence electrons. The molecule has 3 aliphatic heterocycles. The average Bonchev–Trinajstić information content (AvgIpc) is 4.09. The zero-order valence-electron chi connectivity index (χ0n) is 40.6. The number of carbonyl (C=O) groups excluding carboxylic acids is 4. The van der Waals surface area contributed by atoms with Crippen LogP contribution in [0.3, 0.4) is 0 Å². The van der Waals surface area contributed by atoms with Crippen LogP contribution in [0.15, 0.2) is 83.5 Å². The number of aliphatic hydroxyl groups is 1. The highest BCUT2D eigenvalue weighted by Gasteiger charge is 2.45. The number of carbonyl (C=O) groups is 4. The number of ether oxygens (including phenoxy) is 1. The van der Waals surface area contributed by atoms with E-state index in [9.17, 15) is 24.3 Å². The highest BCUT2D eigenvalue weighted by molar-refractivity contribution is 8.13. The molecule has 9 atom stereocenters. The van der Waals surface area contributed by atoms with Gasteiger partial charge in [0.15, 0.2) is 0 Å². The van der Waals surface area contributed by atoms with E-state index in [1.807, 2.05) is 89.7 Å². The Labute approximate surface area is 415 Å². The third-order valence-electron chi connectivity index (χ3n) is 13.8. The molecule has 3 aromatic rings. The fourth-order valence-corrected chi connectivity index (χ4v) is 10.9. The van der Waals surface area contributed by atoms with E-state index < -0.39 is 35.4 Å². The summed E-state index contributed by atoms with van der Waals surface area (Å²) in [5, 5.41) is 34.3. The molecule has 0 spiro atoms. The average molecular weight is 981 g/mol. The van der Waals surface area contributed by atoms with Crippen molar-refractivity contribution >= 4 is 58.2 Å². The monoisotopic (exact) mass is 979 g/mol. The third kappa shape index (κ3) is 12.8. The Morgan fingerprint density at radius 3 is 2.41 bits per heavy atom. The van der Waals surface area contributed by atoms with E-state index in [4.69, 9.17) is 21.6 Å². The van der Waals surface area contributed by atoms with Crippen molar-refractivity contribution in [1.82, 2.24) is 30.6 Å². The van der Waals surface area contributed by atoms with E-state index in [1.54, 1.807) is 28.6 Å². The van der Waals surface area contributed by atoms with Crippen LogP contribution < -0.4 is 20.9 Å². The number of amides is 4. The number of nitrogens with one attached hydrogen (secondary N) is 3. The summed E-state index contributed by atoms with van der Waals surface area (Å²) in [6.45, 7) is 15.4. The van der Waals surface area contributed by atoms with Crippen LogP contribution in [0, 0.1) is 28.6 Å². The summed E-state index contributed by atoms with van der Waals surface area (Å²) in [6.07, 6.45) is 9.88. The second-order valence-corrected chi connectivity index (χ2v) is 21.5. The van der Waals surface area contributed by atoms with Gasteiger partial charge in [-0.1, -0.05) is 56.7 Å². The summed E-state index contributed by atoms with van der Waals surface area (Å²) in [5.41, 5.74) is 5.74. The molecule has 6 unspecified atom stereocenters. The topological polar surface area (TPSA) is 194 Å². The molecule has 2 aromatic carbocycles. The van der Waals surface area contributed by atoms with E-state index >= 15 is 0 Å². The Balaban J connectivity index is 0.839. The van der Waals surface area contributed by atoms with Crippen LogP contribution in [0.4, 0.5) is 5.69 Å². The van der Waals surface area contributed by atoms with Crippen molar-refractivity contribution < 1.29 is 29.0 Å². The van der Waals surface area contributed by atoms with Gasteiger partial charge in [0.2, 0.25) is 17.7 Å². The SMILES string of the molecule is CC(Cn1ccc(-c2ccc(C#N)c(Cl)c2)n1)NC(=O)c1ccc(N2CCC(C(C)OCC(=O)N[C@H](C(=O)N3C[C@H](O)CC3C(=O)N[C@@H](C)C3=CCC(C4SC=NC4C)C=C3)C(C)(C)C)CC2)cc1. The maximum atomic E-state index is 14.2. The number of allylic oxidation sites excluding steroid dienone is 2. The number of aromatic nitrogens is 2. The lowest BCUT2D eigenvalue weighted by molar-refractivity contribution is -0.145. The zero-order valence-corrected chi connectivity index (χ0v) is 42.2. The number of benzene rings is 2. The van der Waals surface area contributed by atoms with Crippen LogP contribution in [0.1, 0.15) is 90.1 Å². The van der Waals surface area contributed by atoms with Crippen molar-refractivity contribution in [2.75, 3.05) is 31.1 Å². The molecule has 1 aliphatic carbocycles. The van der Waals surface area contributed by atoms with Crippen molar-refractivity contribution in [3.8, 4) is 17.3 Å². The van der Waals surface area contributed by atoms with E-state index in [2.05, 4.69) is 62.2 Å². The standard InChI is InChI=1S/C52H66ClN9O6S/c1-31(27-61-23-20-44(59-61)39-12-13-40(26-54)43(53)24-39)56-49(65)38-14-16-41(17-15-38)60-21-18-36(19-22-60)34(4)68-29-46(64)58-48(52(5,6)7)51(67)62-28-42(63)25-45(62)50(66)57-32(2)35-8-10-37(11-9-35)47-33(3)55-30-69-47/h8-10,12-17,20,23-24,30-34,36-37,42,45,47-48,63H,11,18-19,21-22,25,27-29H2,1-7H3,(H,56,65)(H,57,66)(H,58,64)/t31?,32-,33?,34?,37?,42+,45?,47?,48+/m0/s1. The number of anilines is 1. The van der Waals surface area contributed by atoms with Gasteiger partial charge in [-0.2, -0.15) is 10.4 Å². The molecule has 1 aromatic heterocycles. The zero-order chi connectivity index (χ0) is 49.6. The Morgan fingerprint density at radius 2 is 1.77 bits per heavy atom. The molecule has 2 saturated heterocycles. The molecule has 15 nitrogen and oxygen atoms in total. The first-order chi connectivity index (χ1) is 32.9. The molecule has 4 heterocycles. The van der Waals surface area contributed by atoms with Crippen LogP contribution in [-0.4, -0.2) is 123 Å². The maximum absolute atomic E-state index is 14.2. The highest BCUT2D eigenvalue weighted by Crippen LogP contribution is 2.35. The van der Waals surface area contributed by atoms with Gasteiger partial charge in [0.25, 0.3) is 5.91 Å². The molecule has 7 rings (SSSR count). The van der Waals surface area contributed by atoms with Crippen molar-refractivity contribution in [1.29, 1.82) is 5.26 Å². The van der Waals surface area contributed by atoms with E-state index in [-0.39, 0.29) is 61.5 Å². The van der Waals surface area contributed by atoms with E-state index in [0.29, 0.717) is 33.9 Å². The van der Waals surface area contributed by atoms with Gasteiger partial charge < -0.3 is 35.6 Å². The number of nitriles is 1. The molecule has 17 heteroatoms. The fraction of sp³-hybridized carbons (Fsp3) is 0.519. The van der Waals surface area contributed by atoms with Gasteiger partial charge in [0.1, 0.15) is 24.8 Å². The van der Waals surface area contributed by atoms with E-state index in [0.717, 1.165) is 54.9 Å². The van der Waals surface area contributed by atoms with Crippen LogP contribution in [0.2, 0.25) is 5.02 Å². The Morgan fingerprint density at radius 1 is 1.03 bits per heavy atom. The molecule has 4 N–H and O–H groups in total. The molecule has 0 saturated carbocycles. The first kappa shape index (κ1) is 51.4. The minimum atomic E-state index is -0.954. The number of thioether (sulfide) groups is 1. The minimum Gasteiger partial charge on any atom is -0.391 e. The normalized spacial score (nSPS) is 23.4. The van der Waals surface area contributed by atoms with Gasteiger partial charge in [0, 0.05) is 60.4 Å². The van der Waals surface area contributed by atoms with Gasteiger partial charge in [-0.3, -0.25) is 28.9 Å². The number of hydrogen-bond donors (Lipinski definition) is 4. The first-order valence-electron chi connectivity index (χ1n) is 24.0. The van der Waals surface area contributed by atoms with Crippen molar-refractivity contribution in [2.24, 2.45) is 22.2 Å². The lowest BCUT2D eigenvalue weighted by Crippen LogP contribution is -2.58. The first-order valence-corrected chi connectivity index (χ1v) is 25.3. The van der Waals surface area contributed by atoms with Crippen LogP contribution in [-0.2, 0) is 25.7 Å². The van der Waals surface area contributed by atoms with Gasteiger partial charge in [-0.25, -0.2) is 0 Å². The lowest BCUT2D eigenvalue weighted by atomic mass is 9.85. The van der Waals surface area contributed by atoms with Gasteiger partial charge in [-0.15, -0.1) is 11.8 Å². The number of aliphatic imine (C=N–C) groups is 1. The molecule has 4 amide bonds. The molecule has 69 heavy (non-hydrogen) atoms. The Hall–Kier alpha value is -5.47. The summed E-state index contributed by atoms with van der Waals surface area (Å²) in [7, 11) is 0. The second-order valence-electron chi connectivity index (χ2n) is 20.0. The molecule has 2 fully saturated rings. The van der Waals surface area contributed by atoms with E-state index in [1.165, 1.54) is 4.90 Å². The Kier molecular flexibility index (Phi) is 16.8. The number of hydrogen-bond acceptors (Lipinski definition) is 11. The molecule has 0 bridgehead atoms. The molecule has 4 aliphatic rings. The number of rotatable bonds is 16. The summed E-state index contributed by atoms with van der Waals surface area (Å²) in [5.74, 6) is -0.770. The van der Waals surface area contributed by atoms with Gasteiger partial charge in [0.05, 0.1) is 52.7 Å². The van der Waals surface area contributed by atoms with Crippen LogP contribution in [0.25, 0.3) is 11.3 Å². The fourth-order valence-electron chi connectivity index (χ4n) is 9.60. The smallest absolute Gasteiger partial charge is 0.251 e. The lowest BCUT2D eigenvalue weighted by Gasteiger charge is -2.37. The number of halogens is 1. The summed E-state index contributed by atoms with van der Waals surface area (Å²) in [4.78, 5) is 62.8. The summed E-state index contributed by atoms with van der Waals surface area (Å²) >= 11 is 7.98. The number of aliphatic hydroxyl groups excluding tert-OH is 1. The summed E-state index contributed by atoms with van der Waals surface area (Å²) < 4.78 is 7.89. The predicted molar refractivity (Wildman–Crippen MR) is 271 cm³/mol. The quantitative estimate of drug-likeness (QED) is 0.122. The Bertz CT molecular complexity index is 2470. The van der Waals surface area contributed by atoms with Crippen molar-refractivity contribution in [3.63, 3.8) is 0 Å². The predicted octanol–water partition coefficient (Wildman–Crippen LogP) is 6.55. The van der Waals surface area contributed by atoms with Crippen molar-refractivity contribution in [3.05, 3.63) is 94.7 Å². The second kappa shape index (κ2) is 22.5. The summed E-state index contributed by atoms with van der Waals surface area (Å²) in [6, 6.07) is 14.7. The number of likely N-dealkylation sites (tertiary alicyclic amines) is 1.